The summed E-state index contributed by atoms with van der Waals surface area (Å²) in [5.41, 5.74) is 0. The van der Waals surface area contributed by atoms with Crippen LogP contribution in [0, 0.1) is 23.7 Å². The Hall–Kier alpha value is -0.610. The Kier molecular flexibility index (Phi) is 14.8. The fraction of sp³-hybridized carbons (Fsp3) is 0.967. The summed E-state index contributed by atoms with van der Waals surface area (Å²) in [6.45, 7) is 6.47. The second-order valence-corrected chi connectivity index (χ2v) is 11.6. The number of aliphatic hydroxyl groups is 1. The van der Waals surface area contributed by atoms with Crippen molar-refractivity contribution in [3.05, 3.63) is 0 Å². The van der Waals surface area contributed by atoms with E-state index in [1.165, 1.54) is 96.3 Å². The molecule has 0 aromatic rings. The first kappa shape index (κ1) is 29.6. The molecular weight excluding hydrogens is 424 g/mol. The van der Waals surface area contributed by atoms with Gasteiger partial charge in [0.1, 0.15) is 0 Å². The first-order valence-corrected chi connectivity index (χ1v) is 15.0. The molecule has 1 saturated carbocycles. The molecule has 7 atom stereocenters. The monoisotopic (exact) mass is 480 g/mol. The van der Waals surface area contributed by atoms with Crippen LogP contribution in [0.25, 0.3) is 0 Å². The van der Waals surface area contributed by atoms with E-state index >= 15 is 0 Å². The number of rotatable bonds is 23. The zero-order chi connectivity index (χ0) is 24.8. The first-order chi connectivity index (χ1) is 16.5. The van der Waals surface area contributed by atoms with Crippen molar-refractivity contribution in [3.63, 3.8) is 0 Å². The molecule has 34 heavy (non-hydrogen) atoms. The van der Waals surface area contributed by atoms with Gasteiger partial charge in [-0.1, -0.05) is 111 Å². The fourth-order valence-corrected chi connectivity index (χ4v) is 5.94. The minimum Gasteiger partial charge on any atom is -0.481 e. The molecule has 1 heterocycles. The Morgan fingerprint density at radius 3 is 1.88 bits per heavy atom. The van der Waals surface area contributed by atoms with Crippen LogP contribution in [0.15, 0.2) is 0 Å². The highest BCUT2D eigenvalue weighted by atomic mass is 16.6. The summed E-state index contributed by atoms with van der Waals surface area (Å²) < 4.78 is 6.00. The van der Waals surface area contributed by atoms with Crippen molar-refractivity contribution < 1.29 is 19.7 Å². The second kappa shape index (κ2) is 17.0. The van der Waals surface area contributed by atoms with Gasteiger partial charge in [0.25, 0.3) is 0 Å². The topological polar surface area (TPSA) is 70.1 Å². The van der Waals surface area contributed by atoms with Gasteiger partial charge in [-0.15, -0.1) is 0 Å². The van der Waals surface area contributed by atoms with E-state index in [1.807, 2.05) is 6.92 Å². The minimum atomic E-state index is -0.866. The van der Waals surface area contributed by atoms with E-state index in [9.17, 15) is 15.0 Å². The lowest BCUT2D eigenvalue weighted by atomic mass is 9.93. The number of hydrogen-bond donors (Lipinski definition) is 2. The van der Waals surface area contributed by atoms with Crippen LogP contribution in [0.4, 0.5) is 0 Å². The predicted molar refractivity (Wildman–Crippen MR) is 141 cm³/mol. The lowest BCUT2D eigenvalue weighted by Crippen LogP contribution is -2.28. The molecule has 0 bridgehead atoms. The normalized spacial score (nSPS) is 26.2. The molecular formula is C30H56O4. The number of epoxide rings is 1. The summed E-state index contributed by atoms with van der Waals surface area (Å²) in [6.07, 6.45) is 24.5. The molecule has 0 amide bonds. The van der Waals surface area contributed by atoms with Crippen LogP contribution in [0.1, 0.15) is 143 Å². The number of carboxylic acids is 1. The van der Waals surface area contributed by atoms with Crippen molar-refractivity contribution in [2.45, 2.75) is 161 Å². The van der Waals surface area contributed by atoms with Gasteiger partial charge >= 0.3 is 5.97 Å². The molecule has 1 aliphatic heterocycles. The Morgan fingerprint density at radius 1 is 0.853 bits per heavy atom. The van der Waals surface area contributed by atoms with Crippen molar-refractivity contribution in [1.82, 2.24) is 0 Å². The maximum atomic E-state index is 11.2. The number of carboxylic acid groups (broad SMARTS) is 1. The molecule has 2 N–H and O–H groups in total. The van der Waals surface area contributed by atoms with Crippen LogP contribution in [0.3, 0.4) is 0 Å². The highest BCUT2D eigenvalue weighted by Crippen LogP contribution is 2.50. The Labute approximate surface area is 210 Å². The smallest absolute Gasteiger partial charge is 0.309 e. The lowest BCUT2D eigenvalue weighted by molar-refractivity contribution is -0.146. The number of unbranched alkanes of at least 4 members (excludes halogenated alkanes) is 13. The third-order valence-electron chi connectivity index (χ3n) is 8.57. The summed E-state index contributed by atoms with van der Waals surface area (Å²) >= 11 is 0. The third-order valence-corrected chi connectivity index (χ3v) is 8.57. The van der Waals surface area contributed by atoms with Crippen molar-refractivity contribution >= 4 is 5.97 Å². The molecule has 4 nitrogen and oxygen atoms in total. The third kappa shape index (κ3) is 11.9. The van der Waals surface area contributed by atoms with Gasteiger partial charge in [0.2, 0.25) is 0 Å². The molecule has 1 saturated heterocycles. The highest BCUT2D eigenvalue weighted by molar-refractivity contribution is 5.70. The summed E-state index contributed by atoms with van der Waals surface area (Å²) in [4.78, 5) is 11.2. The number of aliphatic carboxylic acids is 1. The van der Waals surface area contributed by atoms with Crippen LogP contribution >= 0.6 is 0 Å². The zero-order valence-corrected chi connectivity index (χ0v) is 22.7. The largest absolute Gasteiger partial charge is 0.481 e. The van der Waals surface area contributed by atoms with Gasteiger partial charge in [0.15, 0.2) is 0 Å². The average Bonchev–Trinajstić information content (AvgIpc) is 3.72. The van der Waals surface area contributed by atoms with Gasteiger partial charge in [0, 0.05) is 0 Å². The maximum absolute atomic E-state index is 11.2. The summed E-state index contributed by atoms with van der Waals surface area (Å²) in [5.74, 6) is 0.298. The van der Waals surface area contributed by atoms with E-state index in [0.29, 0.717) is 42.8 Å². The molecule has 1 aliphatic carbocycles. The van der Waals surface area contributed by atoms with Gasteiger partial charge in [0.05, 0.1) is 24.2 Å². The molecule has 0 aromatic heterocycles. The molecule has 0 aromatic carbocycles. The average molecular weight is 481 g/mol. The zero-order valence-electron chi connectivity index (χ0n) is 22.7. The number of carbonyl (C=O) groups is 1. The number of ether oxygens (including phenoxy) is 1. The Balaban J connectivity index is 1.38. The van der Waals surface area contributed by atoms with Crippen LogP contribution in [0.2, 0.25) is 0 Å². The van der Waals surface area contributed by atoms with E-state index < -0.39 is 18.0 Å². The summed E-state index contributed by atoms with van der Waals surface area (Å²) in [5, 5.41) is 19.5. The van der Waals surface area contributed by atoms with Gasteiger partial charge in [-0.2, -0.15) is 0 Å². The molecule has 200 valence electrons. The van der Waals surface area contributed by atoms with Crippen LogP contribution in [-0.4, -0.2) is 34.5 Å². The quantitative estimate of drug-likeness (QED) is 0.114. The van der Waals surface area contributed by atoms with E-state index in [-0.39, 0.29) is 0 Å². The SMILES string of the molecule is CCCCCCCCCCCCCCCC[C@@H](C)[C@H]1O[C@H]1C[C@@H]1C[C@@H]1C[C@@H](O)[C@@H](CC)C(=O)O. The van der Waals surface area contributed by atoms with Crippen molar-refractivity contribution in [3.8, 4) is 0 Å². The molecule has 2 fully saturated rings. The second-order valence-electron chi connectivity index (χ2n) is 11.6. The van der Waals surface area contributed by atoms with Gasteiger partial charge in [-0.05, 0) is 49.9 Å². The fourth-order valence-electron chi connectivity index (χ4n) is 5.94. The molecule has 0 spiro atoms. The van der Waals surface area contributed by atoms with Crippen molar-refractivity contribution in [2.75, 3.05) is 0 Å². The van der Waals surface area contributed by atoms with Gasteiger partial charge in [-0.3, -0.25) is 4.79 Å². The molecule has 4 heteroatoms. The number of aliphatic hydroxyl groups excluding tert-OH is 1. The molecule has 2 aliphatic rings. The minimum absolute atomic E-state index is 0.412. The van der Waals surface area contributed by atoms with Crippen LogP contribution in [0.5, 0.6) is 0 Å². The van der Waals surface area contributed by atoms with E-state index in [4.69, 9.17) is 4.74 Å². The highest BCUT2D eigenvalue weighted by Gasteiger charge is 2.49. The van der Waals surface area contributed by atoms with E-state index in [1.54, 1.807) is 0 Å². The first-order valence-electron chi connectivity index (χ1n) is 15.0. The van der Waals surface area contributed by atoms with Gasteiger partial charge < -0.3 is 14.9 Å². The van der Waals surface area contributed by atoms with Crippen LogP contribution in [-0.2, 0) is 9.53 Å². The summed E-state index contributed by atoms with van der Waals surface area (Å²) in [6, 6.07) is 0. The standard InChI is InChI=1S/C30H56O4/c1-4-6-7-8-9-10-11-12-13-14-15-16-17-18-19-23(3)29-28(34-29)22-25-20-24(25)21-27(31)26(5-2)30(32)33/h23-29,31H,4-22H2,1-3H3,(H,32,33)/t23-,24-,25+,26-,27-,28+,29-/m1/s1. The molecule has 0 radical (unpaired) electrons. The van der Waals surface area contributed by atoms with E-state index in [2.05, 4.69) is 13.8 Å². The number of hydrogen-bond acceptors (Lipinski definition) is 3. The van der Waals surface area contributed by atoms with Crippen molar-refractivity contribution in [2.24, 2.45) is 23.7 Å². The van der Waals surface area contributed by atoms with Crippen LogP contribution < -0.4 is 0 Å². The maximum Gasteiger partial charge on any atom is 0.309 e. The van der Waals surface area contributed by atoms with Crippen molar-refractivity contribution in [1.29, 1.82) is 0 Å². The summed E-state index contributed by atoms with van der Waals surface area (Å²) in [7, 11) is 0. The predicted octanol–water partition coefficient (Wildman–Crippen LogP) is 8.15. The Morgan fingerprint density at radius 2 is 1.38 bits per heavy atom. The Bertz CT molecular complexity index is 536. The van der Waals surface area contributed by atoms with Gasteiger partial charge in [-0.25, -0.2) is 0 Å². The molecule has 2 rings (SSSR count). The molecule has 0 unspecified atom stereocenters. The van der Waals surface area contributed by atoms with E-state index in [0.717, 1.165) is 12.8 Å². The lowest BCUT2D eigenvalue weighted by Gasteiger charge is -2.17.